The summed E-state index contributed by atoms with van der Waals surface area (Å²) in [4.78, 5) is 12.4. The van der Waals surface area contributed by atoms with Crippen molar-refractivity contribution in [1.29, 1.82) is 0 Å². The number of hydrogen-bond acceptors (Lipinski definition) is 3. The molecule has 3 aromatic carbocycles. The van der Waals surface area contributed by atoms with E-state index in [1.165, 1.54) is 28.6 Å². The standard InChI is InChI=1S/C23H23FN2O3S/c1-18-8-14-22(15-9-18)30(28,29)26(21-6-3-2-4-7-21)17-5-16-25-23(27)19-10-12-20(24)13-11-19/h2-4,6-15H,5,16-17H2,1H3,(H,25,27). The van der Waals surface area contributed by atoms with Crippen molar-refractivity contribution in [2.24, 2.45) is 0 Å². The molecular weight excluding hydrogens is 403 g/mol. The Morgan fingerprint density at radius 2 is 1.57 bits per heavy atom. The third kappa shape index (κ3) is 5.24. The Morgan fingerprint density at radius 3 is 2.20 bits per heavy atom. The fourth-order valence-corrected chi connectivity index (χ4v) is 4.45. The fraction of sp³-hybridized carbons (Fsp3) is 0.174. The van der Waals surface area contributed by atoms with Gasteiger partial charge in [-0.3, -0.25) is 9.10 Å². The molecule has 1 N–H and O–H groups in total. The van der Waals surface area contributed by atoms with Gasteiger partial charge in [-0.15, -0.1) is 0 Å². The van der Waals surface area contributed by atoms with Gasteiger partial charge in [-0.05, 0) is 61.9 Å². The molecule has 156 valence electrons. The second-order valence-electron chi connectivity index (χ2n) is 6.84. The van der Waals surface area contributed by atoms with Gasteiger partial charge in [0, 0.05) is 18.7 Å². The largest absolute Gasteiger partial charge is 0.352 e. The Kier molecular flexibility index (Phi) is 6.84. The lowest BCUT2D eigenvalue weighted by molar-refractivity contribution is 0.0953. The van der Waals surface area contributed by atoms with Gasteiger partial charge in [0.2, 0.25) is 0 Å². The van der Waals surface area contributed by atoms with Crippen LogP contribution in [0.2, 0.25) is 0 Å². The second kappa shape index (κ2) is 9.54. The summed E-state index contributed by atoms with van der Waals surface area (Å²) >= 11 is 0. The van der Waals surface area contributed by atoms with E-state index in [1.54, 1.807) is 48.5 Å². The zero-order chi connectivity index (χ0) is 21.6. The number of aryl methyl sites for hydroxylation is 1. The van der Waals surface area contributed by atoms with Gasteiger partial charge in [0.25, 0.3) is 15.9 Å². The van der Waals surface area contributed by atoms with E-state index in [4.69, 9.17) is 0 Å². The number of nitrogens with zero attached hydrogens (tertiary/aromatic N) is 1. The number of halogens is 1. The molecule has 0 bridgehead atoms. The van der Waals surface area contributed by atoms with Crippen LogP contribution in [0.15, 0.2) is 83.8 Å². The minimum atomic E-state index is -3.75. The molecular formula is C23H23FN2O3S. The predicted molar refractivity (Wildman–Crippen MR) is 116 cm³/mol. The number of nitrogens with one attached hydrogen (secondary N) is 1. The van der Waals surface area contributed by atoms with Crippen molar-refractivity contribution in [3.05, 3.63) is 95.8 Å². The van der Waals surface area contributed by atoms with Crippen LogP contribution < -0.4 is 9.62 Å². The molecule has 0 aliphatic heterocycles. The summed E-state index contributed by atoms with van der Waals surface area (Å²) < 4.78 is 40.8. The number of para-hydroxylation sites is 1. The van der Waals surface area contributed by atoms with Gasteiger partial charge in [0.05, 0.1) is 10.6 Å². The SMILES string of the molecule is Cc1ccc(S(=O)(=O)N(CCCNC(=O)c2ccc(F)cc2)c2ccccc2)cc1. The zero-order valence-electron chi connectivity index (χ0n) is 16.6. The van der Waals surface area contributed by atoms with E-state index >= 15 is 0 Å². The Hall–Kier alpha value is -3.19. The molecule has 0 heterocycles. The molecule has 7 heteroatoms. The third-order valence-electron chi connectivity index (χ3n) is 4.58. The molecule has 0 aliphatic carbocycles. The summed E-state index contributed by atoms with van der Waals surface area (Å²) in [6.45, 7) is 2.38. The van der Waals surface area contributed by atoms with E-state index in [0.717, 1.165) is 5.56 Å². The lowest BCUT2D eigenvalue weighted by atomic mass is 10.2. The molecule has 3 rings (SSSR count). The summed E-state index contributed by atoms with van der Waals surface area (Å²) in [5, 5.41) is 2.74. The first-order chi connectivity index (χ1) is 14.4. The molecule has 0 aromatic heterocycles. The molecule has 0 spiro atoms. The first-order valence-corrected chi connectivity index (χ1v) is 11.0. The van der Waals surface area contributed by atoms with E-state index in [-0.39, 0.29) is 23.9 Å². The van der Waals surface area contributed by atoms with Crippen molar-refractivity contribution >= 4 is 21.6 Å². The Bertz CT molecular complexity index is 1080. The first kappa shape index (κ1) is 21.5. The monoisotopic (exact) mass is 426 g/mol. The predicted octanol–water partition coefficient (Wildman–Crippen LogP) is 4.15. The van der Waals surface area contributed by atoms with Crippen molar-refractivity contribution in [3.63, 3.8) is 0 Å². The number of benzene rings is 3. The average molecular weight is 427 g/mol. The lowest BCUT2D eigenvalue weighted by Gasteiger charge is -2.24. The average Bonchev–Trinajstić information content (AvgIpc) is 2.75. The van der Waals surface area contributed by atoms with E-state index in [9.17, 15) is 17.6 Å². The topological polar surface area (TPSA) is 66.5 Å². The van der Waals surface area contributed by atoms with Crippen LogP contribution in [0.5, 0.6) is 0 Å². The number of anilines is 1. The van der Waals surface area contributed by atoms with Gasteiger partial charge in [0.1, 0.15) is 5.82 Å². The van der Waals surface area contributed by atoms with Gasteiger partial charge >= 0.3 is 0 Å². The van der Waals surface area contributed by atoms with Crippen molar-refractivity contribution in [2.45, 2.75) is 18.2 Å². The van der Waals surface area contributed by atoms with E-state index in [1.807, 2.05) is 13.0 Å². The highest BCUT2D eigenvalue weighted by molar-refractivity contribution is 7.92. The molecule has 0 saturated heterocycles. The number of rotatable bonds is 8. The molecule has 3 aromatic rings. The maximum atomic E-state index is 13.2. The smallest absolute Gasteiger partial charge is 0.264 e. The van der Waals surface area contributed by atoms with Crippen molar-refractivity contribution in [1.82, 2.24) is 5.32 Å². The minimum Gasteiger partial charge on any atom is -0.352 e. The molecule has 0 unspecified atom stereocenters. The molecule has 0 radical (unpaired) electrons. The Labute approximate surface area is 176 Å². The Morgan fingerprint density at radius 1 is 0.933 bits per heavy atom. The summed E-state index contributed by atoms with van der Waals surface area (Å²) in [5.74, 6) is -0.742. The van der Waals surface area contributed by atoms with Gasteiger partial charge in [-0.25, -0.2) is 12.8 Å². The van der Waals surface area contributed by atoms with Gasteiger partial charge in [-0.2, -0.15) is 0 Å². The molecule has 0 atom stereocenters. The van der Waals surface area contributed by atoms with Crippen molar-refractivity contribution in [3.8, 4) is 0 Å². The third-order valence-corrected chi connectivity index (χ3v) is 6.42. The number of amides is 1. The number of hydrogen-bond donors (Lipinski definition) is 1. The Balaban J connectivity index is 1.70. The quantitative estimate of drug-likeness (QED) is 0.551. The maximum Gasteiger partial charge on any atom is 0.264 e. The molecule has 0 saturated carbocycles. The second-order valence-corrected chi connectivity index (χ2v) is 8.70. The first-order valence-electron chi connectivity index (χ1n) is 9.56. The van der Waals surface area contributed by atoms with E-state index in [0.29, 0.717) is 17.7 Å². The zero-order valence-corrected chi connectivity index (χ0v) is 17.4. The minimum absolute atomic E-state index is 0.198. The molecule has 0 aliphatic rings. The van der Waals surface area contributed by atoms with Gasteiger partial charge in [-0.1, -0.05) is 35.9 Å². The number of carbonyl (C=O) groups excluding carboxylic acids is 1. The molecule has 0 fully saturated rings. The van der Waals surface area contributed by atoms with Crippen LogP contribution >= 0.6 is 0 Å². The summed E-state index contributed by atoms with van der Waals surface area (Å²) in [5.41, 5.74) is 1.88. The van der Waals surface area contributed by atoms with E-state index in [2.05, 4.69) is 5.32 Å². The summed E-state index contributed by atoms with van der Waals surface area (Å²) in [6, 6.07) is 20.8. The number of sulfonamides is 1. The number of carbonyl (C=O) groups is 1. The van der Waals surface area contributed by atoms with Crippen molar-refractivity contribution < 1.29 is 17.6 Å². The van der Waals surface area contributed by atoms with Crippen molar-refractivity contribution in [2.75, 3.05) is 17.4 Å². The maximum absolute atomic E-state index is 13.2. The van der Waals surface area contributed by atoms with Crippen LogP contribution in [-0.4, -0.2) is 27.4 Å². The van der Waals surface area contributed by atoms with Gasteiger partial charge in [0.15, 0.2) is 0 Å². The van der Waals surface area contributed by atoms with Crippen LogP contribution in [0.3, 0.4) is 0 Å². The lowest BCUT2D eigenvalue weighted by Crippen LogP contribution is -2.34. The molecule has 1 amide bonds. The van der Waals surface area contributed by atoms with Crippen LogP contribution in [0.1, 0.15) is 22.3 Å². The van der Waals surface area contributed by atoms with Gasteiger partial charge < -0.3 is 5.32 Å². The normalized spacial score (nSPS) is 11.1. The highest BCUT2D eigenvalue weighted by atomic mass is 32.2. The van der Waals surface area contributed by atoms with Crippen LogP contribution in [0.25, 0.3) is 0 Å². The van der Waals surface area contributed by atoms with Crippen LogP contribution in [0.4, 0.5) is 10.1 Å². The van der Waals surface area contributed by atoms with Crippen LogP contribution in [-0.2, 0) is 10.0 Å². The van der Waals surface area contributed by atoms with Crippen LogP contribution in [0, 0.1) is 12.7 Å². The van der Waals surface area contributed by atoms with E-state index < -0.39 is 15.8 Å². The molecule has 30 heavy (non-hydrogen) atoms. The molecule has 5 nitrogen and oxygen atoms in total. The summed E-state index contributed by atoms with van der Waals surface area (Å²) in [6.07, 6.45) is 0.410. The highest BCUT2D eigenvalue weighted by Gasteiger charge is 2.24. The highest BCUT2D eigenvalue weighted by Crippen LogP contribution is 2.24. The fourth-order valence-electron chi connectivity index (χ4n) is 2.95. The summed E-state index contributed by atoms with van der Waals surface area (Å²) in [7, 11) is -3.75.